The van der Waals surface area contributed by atoms with E-state index in [4.69, 9.17) is 21.0 Å². The minimum absolute atomic E-state index is 0.112. The van der Waals surface area contributed by atoms with Crippen LogP contribution in [0.15, 0.2) is 64.1 Å². The van der Waals surface area contributed by atoms with Crippen LogP contribution in [0.2, 0.25) is 5.02 Å². The number of carbonyl (C=O) groups excluding carboxylic acids is 1. The van der Waals surface area contributed by atoms with Gasteiger partial charge in [0.05, 0.1) is 33.8 Å². The normalized spacial score (nSPS) is 16.9. The first-order valence-corrected chi connectivity index (χ1v) is 14.3. The van der Waals surface area contributed by atoms with Crippen LogP contribution >= 0.6 is 22.9 Å². The highest BCUT2D eigenvalue weighted by atomic mass is 35.5. The Hall–Kier alpha value is -2.72. The number of aromatic nitrogens is 1. The van der Waals surface area contributed by atoms with Crippen LogP contribution < -0.4 is 4.90 Å². The van der Waals surface area contributed by atoms with E-state index < -0.39 is 15.9 Å². The van der Waals surface area contributed by atoms with E-state index in [1.54, 1.807) is 29.4 Å². The summed E-state index contributed by atoms with van der Waals surface area (Å²) in [5.74, 6) is -0.0146. The van der Waals surface area contributed by atoms with E-state index in [1.807, 2.05) is 26.0 Å². The second-order valence-electron chi connectivity index (χ2n) is 9.03. The zero-order valence-corrected chi connectivity index (χ0v) is 22.4. The van der Waals surface area contributed by atoms with Crippen LogP contribution in [0.5, 0.6) is 0 Å². The molecule has 7 nitrogen and oxygen atoms in total. The summed E-state index contributed by atoms with van der Waals surface area (Å²) >= 11 is 7.41. The molecular weight excluding hydrogens is 518 g/mol. The summed E-state index contributed by atoms with van der Waals surface area (Å²) in [7, 11) is -3.74. The zero-order valence-electron chi connectivity index (χ0n) is 20.0. The first-order valence-electron chi connectivity index (χ1n) is 11.7. The molecule has 2 aromatic carbocycles. The second-order valence-corrected chi connectivity index (χ2v) is 12.4. The van der Waals surface area contributed by atoms with Gasteiger partial charge in [0.25, 0.3) is 0 Å². The van der Waals surface area contributed by atoms with Crippen molar-refractivity contribution in [1.29, 1.82) is 0 Å². The van der Waals surface area contributed by atoms with Crippen LogP contribution in [0.3, 0.4) is 0 Å². The Morgan fingerprint density at radius 2 is 1.92 bits per heavy atom. The molecule has 3 heterocycles. The van der Waals surface area contributed by atoms with E-state index in [1.165, 1.54) is 27.8 Å². The largest absolute Gasteiger partial charge is 0.467 e. The first-order chi connectivity index (χ1) is 17.2. The molecule has 10 heteroatoms. The SMILES string of the molecule is Cc1ccc(C)c2sc(N(Cc3ccco3)C(=O)C3CCCN(S(=O)(=O)c4ccc(Cl)cc4)C3)nc12. The third-order valence-electron chi connectivity index (χ3n) is 6.51. The molecule has 1 unspecified atom stereocenters. The molecule has 1 aliphatic heterocycles. The van der Waals surface area contributed by atoms with Gasteiger partial charge < -0.3 is 4.42 Å². The third-order valence-corrected chi connectivity index (χ3v) is 9.85. The summed E-state index contributed by atoms with van der Waals surface area (Å²) in [6.07, 6.45) is 2.77. The summed E-state index contributed by atoms with van der Waals surface area (Å²) in [5.41, 5.74) is 3.02. The average Bonchev–Trinajstić information content (AvgIpc) is 3.56. The maximum Gasteiger partial charge on any atom is 0.243 e. The molecule has 0 aliphatic carbocycles. The van der Waals surface area contributed by atoms with Crippen molar-refractivity contribution in [3.63, 3.8) is 0 Å². The molecule has 36 heavy (non-hydrogen) atoms. The Morgan fingerprint density at radius 3 is 2.61 bits per heavy atom. The van der Waals surface area contributed by atoms with Crippen molar-refractivity contribution < 1.29 is 17.6 Å². The van der Waals surface area contributed by atoms with Crippen molar-refractivity contribution in [2.24, 2.45) is 5.92 Å². The lowest BCUT2D eigenvalue weighted by molar-refractivity contribution is -0.123. The molecule has 1 aliphatic rings. The van der Waals surface area contributed by atoms with Crippen molar-refractivity contribution in [2.75, 3.05) is 18.0 Å². The smallest absolute Gasteiger partial charge is 0.243 e. The molecule has 188 valence electrons. The number of halogens is 1. The van der Waals surface area contributed by atoms with Crippen molar-refractivity contribution in [3.05, 3.63) is 76.7 Å². The molecule has 4 aromatic rings. The number of nitrogens with zero attached hydrogens (tertiary/aromatic N) is 3. The Kier molecular flexibility index (Phi) is 6.91. The molecule has 0 radical (unpaired) electrons. The van der Waals surface area contributed by atoms with E-state index in [2.05, 4.69) is 6.07 Å². The van der Waals surface area contributed by atoms with Crippen LogP contribution in [-0.4, -0.2) is 36.7 Å². The molecule has 1 fully saturated rings. The molecule has 1 amide bonds. The van der Waals surface area contributed by atoms with E-state index in [9.17, 15) is 13.2 Å². The third kappa shape index (κ3) is 4.80. The lowest BCUT2D eigenvalue weighted by Gasteiger charge is -2.33. The Bertz CT molecular complexity index is 1460. The Balaban J connectivity index is 1.46. The number of carbonyl (C=O) groups is 1. The summed E-state index contributed by atoms with van der Waals surface area (Å²) < 4.78 is 34.6. The number of sulfonamides is 1. The van der Waals surface area contributed by atoms with Gasteiger partial charge in [-0.25, -0.2) is 13.4 Å². The number of furan rings is 1. The summed E-state index contributed by atoms with van der Waals surface area (Å²) in [6.45, 7) is 4.74. The van der Waals surface area contributed by atoms with Crippen LogP contribution in [0.25, 0.3) is 10.2 Å². The molecule has 0 saturated carbocycles. The maximum atomic E-state index is 13.9. The quantitative estimate of drug-likeness (QED) is 0.307. The highest BCUT2D eigenvalue weighted by Crippen LogP contribution is 2.35. The number of benzene rings is 2. The fraction of sp³-hybridized carbons (Fsp3) is 0.308. The van der Waals surface area contributed by atoms with Crippen LogP contribution in [-0.2, 0) is 21.4 Å². The minimum atomic E-state index is -3.74. The van der Waals surface area contributed by atoms with Gasteiger partial charge in [-0.1, -0.05) is 35.1 Å². The number of hydrogen-bond acceptors (Lipinski definition) is 6. The van der Waals surface area contributed by atoms with E-state index in [0.29, 0.717) is 35.3 Å². The fourth-order valence-corrected chi connectivity index (χ4v) is 7.27. The first kappa shape index (κ1) is 25.0. The molecule has 0 N–H and O–H groups in total. The van der Waals surface area contributed by atoms with Crippen LogP contribution in [0.1, 0.15) is 29.7 Å². The number of fused-ring (bicyclic) bond motifs is 1. The fourth-order valence-electron chi connectivity index (χ4n) is 4.50. The van der Waals surface area contributed by atoms with Gasteiger partial charge >= 0.3 is 0 Å². The number of piperidine rings is 1. The van der Waals surface area contributed by atoms with Gasteiger partial charge in [0.2, 0.25) is 15.9 Å². The van der Waals surface area contributed by atoms with Gasteiger partial charge in [0, 0.05) is 18.1 Å². The monoisotopic (exact) mass is 543 g/mol. The molecule has 1 saturated heterocycles. The summed E-state index contributed by atoms with van der Waals surface area (Å²) in [5, 5.41) is 1.05. The summed E-state index contributed by atoms with van der Waals surface area (Å²) in [6, 6.07) is 13.8. The number of anilines is 1. The van der Waals surface area contributed by atoms with Gasteiger partial charge in [0.1, 0.15) is 5.76 Å². The van der Waals surface area contributed by atoms with E-state index >= 15 is 0 Å². The van der Waals surface area contributed by atoms with Gasteiger partial charge in [-0.3, -0.25) is 9.69 Å². The lowest BCUT2D eigenvalue weighted by Crippen LogP contribution is -2.46. The van der Waals surface area contributed by atoms with Crippen molar-refractivity contribution >= 4 is 54.2 Å². The number of rotatable bonds is 6. The van der Waals surface area contributed by atoms with Gasteiger partial charge in [-0.2, -0.15) is 4.31 Å². The van der Waals surface area contributed by atoms with Crippen molar-refractivity contribution in [1.82, 2.24) is 9.29 Å². The maximum absolute atomic E-state index is 13.9. The Morgan fingerprint density at radius 1 is 1.17 bits per heavy atom. The number of amides is 1. The molecule has 5 rings (SSSR count). The highest BCUT2D eigenvalue weighted by molar-refractivity contribution is 7.89. The predicted molar refractivity (Wildman–Crippen MR) is 142 cm³/mol. The van der Waals surface area contributed by atoms with Crippen molar-refractivity contribution in [2.45, 2.75) is 38.1 Å². The van der Waals surface area contributed by atoms with Crippen molar-refractivity contribution in [3.8, 4) is 0 Å². The average molecular weight is 544 g/mol. The lowest BCUT2D eigenvalue weighted by atomic mass is 9.98. The molecular formula is C26H26ClN3O4S2. The zero-order chi connectivity index (χ0) is 25.4. The number of hydrogen-bond donors (Lipinski definition) is 0. The molecule has 0 bridgehead atoms. The van der Waals surface area contributed by atoms with Crippen LogP contribution in [0.4, 0.5) is 5.13 Å². The second kappa shape index (κ2) is 9.97. The minimum Gasteiger partial charge on any atom is -0.467 e. The number of aryl methyl sites for hydroxylation is 2. The molecule has 2 aromatic heterocycles. The van der Waals surface area contributed by atoms with Gasteiger partial charge in [-0.15, -0.1) is 0 Å². The topological polar surface area (TPSA) is 83.7 Å². The summed E-state index contributed by atoms with van der Waals surface area (Å²) in [4.78, 5) is 20.6. The standard InChI is InChI=1S/C26H26ClN3O4S2/c1-17-7-8-18(2)24-23(17)28-26(35-24)30(16-21-6-4-14-34-21)25(31)19-5-3-13-29(15-19)36(32,33)22-11-9-20(27)10-12-22/h4,6-12,14,19H,3,5,13,15-16H2,1-2H3. The number of thiazole rings is 1. The predicted octanol–water partition coefficient (Wildman–Crippen LogP) is 5.79. The van der Waals surface area contributed by atoms with Gasteiger partial charge in [0.15, 0.2) is 5.13 Å². The highest BCUT2D eigenvalue weighted by Gasteiger charge is 2.36. The van der Waals surface area contributed by atoms with Crippen LogP contribution in [0, 0.1) is 19.8 Å². The van der Waals surface area contributed by atoms with Gasteiger partial charge in [-0.05, 0) is 74.2 Å². The molecule has 1 atom stereocenters. The Labute approximate surface area is 219 Å². The van der Waals surface area contributed by atoms with E-state index in [0.717, 1.165) is 21.3 Å². The van der Waals surface area contributed by atoms with E-state index in [-0.39, 0.29) is 23.9 Å². The molecule has 0 spiro atoms.